The van der Waals surface area contributed by atoms with Gasteiger partial charge in [0.15, 0.2) is 0 Å². The molecule has 0 saturated carbocycles. The molecule has 1 aliphatic rings. The zero-order valence-electron chi connectivity index (χ0n) is 18.4. The SMILES string of the molecule is CC1=C(C(=O)Nc2ccccc2)[C@H](c2ccc(F)cc2)n2nc(SCc3ccccc3)nc2N1. The van der Waals surface area contributed by atoms with Crippen LogP contribution < -0.4 is 10.6 Å². The van der Waals surface area contributed by atoms with Crippen molar-refractivity contribution in [3.63, 3.8) is 0 Å². The van der Waals surface area contributed by atoms with E-state index in [0.29, 0.717) is 28.1 Å². The molecule has 6 nitrogen and oxygen atoms in total. The highest BCUT2D eigenvalue weighted by Gasteiger charge is 2.34. The van der Waals surface area contributed by atoms with E-state index >= 15 is 0 Å². The predicted molar refractivity (Wildman–Crippen MR) is 132 cm³/mol. The van der Waals surface area contributed by atoms with Crippen LogP contribution in [0.3, 0.4) is 0 Å². The fourth-order valence-electron chi connectivity index (χ4n) is 3.88. The molecule has 5 rings (SSSR count). The van der Waals surface area contributed by atoms with Crippen molar-refractivity contribution in [2.75, 3.05) is 10.6 Å². The minimum atomic E-state index is -0.556. The van der Waals surface area contributed by atoms with Gasteiger partial charge in [-0.1, -0.05) is 72.4 Å². The van der Waals surface area contributed by atoms with Crippen LogP contribution in [0.2, 0.25) is 0 Å². The molecule has 0 fully saturated rings. The molecule has 1 aliphatic heterocycles. The number of para-hydroxylation sites is 1. The standard InChI is InChI=1S/C26H22FN5OS/c1-17-22(24(33)29-21-10-6-3-7-11-21)23(19-12-14-20(27)15-13-19)32-25(28-17)30-26(31-32)34-16-18-8-4-2-5-9-18/h2-15,23H,16H2,1H3,(H,29,33)(H,28,30,31)/t23-/m0/s1. The second kappa shape index (κ2) is 9.52. The van der Waals surface area contributed by atoms with Gasteiger partial charge in [0.1, 0.15) is 11.9 Å². The molecule has 1 atom stereocenters. The first kappa shape index (κ1) is 21.9. The molecule has 34 heavy (non-hydrogen) atoms. The molecule has 4 aromatic rings. The zero-order chi connectivity index (χ0) is 23.5. The third-order valence-corrected chi connectivity index (χ3v) is 6.41. The highest BCUT2D eigenvalue weighted by molar-refractivity contribution is 7.98. The molecule has 0 unspecified atom stereocenters. The first-order valence-electron chi connectivity index (χ1n) is 10.8. The highest BCUT2D eigenvalue weighted by Crippen LogP contribution is 2.37. The zero-order valence-corrected chi connectivity index (χ0v) is 19.2. The van der Waals surface area contributed by atoms with Gasteiger partial charge in [0.05, 0.1) is 5.57 Å². The number of carbonyl (C=O) groups is 1. The fourth-order valence-corrected chi connectivity index (χ4v) is 4.67. The normalized spacial score (nSPS) is 14.9. The van der Waals surface area contributed by atoms with Crippen molar-refractivity contribution in [3.05, 3.63) is 113 Å². The molecule has 170 valence electrons. The van der Waals surface area contributed by atoms with Gasteiger partial charge >= 0.3 is 0 Å². The van der Waals surface area contributed by atoms with Gasteiger partial charge in [-0.25, -0.2) is 9.07 Å². The lowest BCUT2D eigenvalue weighted by atomic mass is 9.95. The second-order valence-electron chi connectivity index (χ2n) is 7.87. The van der Waals surface area contributed by atoms with Crippen molar-refractivity contribution >= 4 is 29.3 Å². The molecule has 1 aromatic heterocycles. The van der Waals surface area contributed by atoms with Gasteiger partial charge in [0.25, 0.3) is 5.91 Å². The van der Waals surface area contributed by atoms with E-state index in [4.69, 9.17) is 5.10 Å². The van der Waals surface area contributed by atoms with Gasteiger partial charge < -0.3 is 10.6 Å². The quantitative estimate of drug-likeness (QED) is 0.356. The van der Waals surface area contributed by atoms with E-state index in [1.165, 1.54) is 29.5 Å². The summed E-state index contributed by atoms with van der Waals surface area (Å²) in [5.41, 5.74) is 3.76. The lowest BCUT2D eigenvalue weighted by molar-refractivity contribution is -0.113. The second-order valence-corrected chi connectivity index (χ2v) is 8.82. The number of allylic oxidation sites excluding steroid dienone is 1. The van der Waals surface area contributed by atoms with Crippen LogP contribution in [0.25, 0.3) is 0 Å². The summed E-state index contributed by atoms with van der Waals surface area (Å²) in [7, 11) is 0. The van der Waals surface area contributed by atoms with Gasteiger partial charge in [-0.2, -0.15) is 4.98 Å². The lowest BCUT2D eigenvalue weighted by Crippen LogP contribution is -2.31. The van der Waals surface area contributed by atoms with Crippen molar-refractivity contribution < 1.29 is 9.18 Å². The lowest BCUT2D eigenvalue weighted by Gasteiger charge is -2.28. The van der Waals surface area contributed by atoms with E-state index in [2.05, 4.69) is 27.8 Å². The predicted octanol–water partition coefficient (Wildman–Crippen LogP) is 5.64. The number of halogens is 1. The Morgan fingerprint density at radius 1 is 1.03 bits per heavy atom. The Morgan fingerprint density at radius 3 is 2.41 bits per heavy atom. The molecule has 0 saturated heterocycles. The van der Waals surface area contributed by atoms with E-state index in [0.717, 1.165) is 11.3 Å². The number of rotatable bonds is 6. The van der Waals surface area contributed by atoms with Gasteiger partial charge in [0, 0.05) is 17.1 Å². The molecule has 1 amide bonds. The summed E-state index contributed by atoms with van der Waals surface area (Å²) in [6.45, 7) is 1.84. The van der Waals surface area contributed by atoms with Crippen molar-refractivity contribution in [3.8, 4) is 0 Å². The summed E-state index contributed by atoms with van der Waals surface area (Å²) in [6, 6.07) is 24.9. The van der Waals surface area contributed by atoms with Crippen molar-refractivity contribution in [1.82, 2.24) is 14.8 Å². The topological polar surface area (TPSA) is 71.8 Å². The minimum Gasteiger partial charge on any atom is -0.328 e. The monoisotopic (exact) mass is 471 g/mol. The van der Waals surface area contributed by atoms with E-state index in [1.807, 2.05) is 55.5 Å². The number of fused-ring (bicyclic) bond motifs is 1. The molecule has 8 heteroatoms. The van der Waals surface area contributed by atoms with Crippen LogP contribution in [-0.2, 0) is 10.5 Å². The largest absolute Gasteiger partial charge is 0.328 e. The Labute approximate surface area is 200 Å². The number of hydrogen-bond acceptors (Lipinski definition) is 5. The van der Waals surface area contributed by atoms with E-state index in [1.54, 1.807) is 16.8 Å². The van der Waals surface area contributed by atoms with Gasteiger partial charge in [0.2, 0.25) is 11.1 Å². The van der Waals surface area contributed by atoms with Gasteiger partial charge in [-0.05, 0) is 42.3 Å². The number of aromatic nitrogens is 3. The Bertz CT molecular complexity index is 1340. The molecular weight excluding hydrogens is 449 g/mol. The summed E-state index contributed by atoms with van der Waals surface area (Å²) in [5.74, 6) is 0.662. The Kier molecular flexibility index (Phi) is 6.14. The Hall–Kier alpha value is -3.91. The molecule has 0 radical (unpaired) electrons. The molecule has 3 aromatic carbocycles. The fraction of sp³-hybridized carbons (Fsp3) is 0.115. The number of nitrogens with one attached hydrogen (secondary N) is 2. The van der Waals surface area contributed by atoms with Crippen LogP contribution in [0.4, 0.5) is 16.0 Å². The van der Waals surface area contributed by atoms with Gasteiger partial charge in [-0.15, -0.1) is 5.10 Å². The average molecular weight is 472 g/mol. The van der Waals surface area contributed by atoms with Crippen molar-refractivity contribution in [2.45, 2.75) is 23.9 Å². The van der Waals surface area contributed by atoms with Crippen LogP contribution in [0.15, 0.2) is 101 Å². The molecule has 0 aliphatic carbocycles. The summed E-state index contributed by atoms with van der Waals surface area (Å²) >= 11 is 1.52. The maximum absolute atomic E-state index is 13.7. The molecule has 0 spiro atoms. The number of amides is 1. The smallest absolute Gasteiger partial charge is 0.255 e. The highest BCUT2D eigenvalue weighted by atomic mass is 32.2. The summed E-state index contributed by atoms with van der Waals surface area (Å²) < 4.78 is 15.4. The molecule has 0 bridgehead atoms. The number of thioether (sulfide) groups is 1. The number of nitrogens with zero attached hydrogens (tertiary/aromatic N) is 3. The average Bonchev–Trinajstić information content (AvgIpc) is 3.26. The first-order chi connectivity index (χ1) is 16.6. The maximum atomic E-state index is 13.7. The van der Waals surface area contributed by atoms with Crippen molar-refractivity contribution in [1.29, 1.82) is 0 Å². The Morgan fingerprint density at radius 2 is 1.71 bits per heavy atom. The number of carbonyl (C=O) groups excluding carboxylic acids is 1. The van der Waals surface area contributed by atoms with Crippen LogP contribution >= 0.6 is 11.8 Å². The molecular formula is C26H22FN5OS. The van der Waals surface area contributed by atoms with Crippen LogP contribution in [0.5, 0.6) is 0 Å². The number of benzene rings is 3. The summed E-state index contributed by atoms with van der Waals surface area (Å²) in [5, 5.41) is 11.5. The van der Waals surface area contributed by atoms with Crippen molar-refractivity contribution in [2.24, 2.45) is 0 Å². The van der Waals surface area contributed by atoms with Gasteiger partial charge in [-0.3, -0.25) is 4.79 Å². The van der Waals surface area contributed by atoms with E-state index in [-0.39, 0.29) is 11.7 Å². The van der Waals surface area contributed by atoms with E-state index in [9.17, 15) is 9.18 Å². The first-order valence-corrected chi connectivity index (χ1v) is 11.8. The van der Waals surface area contributed by atoms with Crippen LogP contribution in [-0.4, -0.2) is 20.7 Å². The minimum absolute atomic E-state index is 0.259. The summed E-state index contributed by atoms with van der Waals surface area (Å²) in [6.07, 6.45) is 0. The van der Waals surface area contributed by atoms with Crippen LogP contribution in [0, 0.1) is 5.82 Å². The third-order valence-electron chi connectivity index (χ3n) is 5.51. The molecule has 2 heterocycles. The van der Waals surface area contributed by atoms with Crippen LogP contribution in [0.1, 0.15) is 24.1 Å². The number of anilines is 2. The maximum Gasteiger partial charge on any atom is 0.255 e. The third kappa shape index (κ3) is 4.58. The molecule has 2 N–H and O–H groups in total. The number of hydrogen-bond donors (Lipinski definition) is 2. The summed E-state index contributed by atoms with van der Waals surface area (Å²) in [4.78, 5) is 18.1. The Balaban J connectivity index is 1.49. The van der Waals surface area contributed by atoms with E-state index < -0.39 is 6.04 Å².